The average Bonchev–Trinajstić information content (AvgIpc) is 3.38. The monoisotopic (exact) mass is 425 g/mol. The molecule has 0 spiro atoms. The van der Waals surface area contributed by atoms with Crippen LogP contribution in [0.25, 0.3) is 11.1 Å². The molecule has 2 aromatic heterocycles. The number of amides is 2. The first-order valence-electron chi connectivity index (χ1n) is 8.88. The second-order valence-corrected chi connectivity index (χ2v) is 7.58. The van der Waals surface area contributed by atoms with Gasteiger partial charge in [-0.25, -0.2) is 4.98 Å². The van der Waals surface area contributed by atoms with Crippen molar-refractivity contribution in [3.63, 3.8) is 0 Å². The molecule has 8 heteroatoms. The number of halogens is 1. The number of rotatable bonds is 5. The number of benzene rings is 2. The van der Waals surface area contributed by atoms with Crippen LogP contribution in [-0.2, 0) is 6.42 Å². The first-order valence-corrected chi connectivity index (χ1v) is 10.1. The number of nitrogens with one attached hydrogen (secondary N) is 2. The van der Waals surface area contributed by atoms with Gasteiger partial charge in [-0.1, -0.05) is 24.6 Å². The summed E-state index contributed by atoms with van der Waals surface area (Å²) in [4.78, 5) is 29.9. The van der Waals surface area contributed by atoms with E-state index in [1.165, 1.54) is 11.3 Å². The van der Waals surface area contributed by atoms with Gasteiger partial charge in [0.2, 0.25) is 0 Å². The van der Waals surface area contributed by atoms with Crippen molar-refractivity contribution in [3.8, 4) is 0 Å². The minimum absolute atomic E-state index is 0.275. The van der Waals surface area contributed by atoms with E-state index >= 15 is 0 Å². The normalized spacial score (nSPS) is 10.8. The van der Waals surface area contributed by atoms with Crippen molar-refractivity contribution < 1.29 is 14.0 Å². The van der Waals surface area contributed by atoms with Crippen molar-refractivity contribution in [3.05, 3.63) is 75.3 Å². The highest BCUT2D eigenvalue weighted by Gasteiger charge is 2.14. The average molecular weight is 426 g/mol. The summed E-state index contributed by atoms with van der Waals surface area (Å²) in [7, 11) is 0. The zero-order chi connectivity index (χ0) is 20.4. The number of aromatic nitrogens is 1. The number of hydrogen-bond acceptors (Lipinski definition) is 5. The summed E-state index contributed by atoms with van der Waals surface area (Å²) < 4.78 is 5.58. The van der Waals surface area contributed by atoms with Crippen LogP contribution in [0.1, 0.15) is 32.8 Å². The molecule has 2 aromatic carbocycles. The first-order chi connectivity index (χ1) is 14.0. The molecular weight excluding hydrogens is 410 g/mol. The molecule has 0 aliphatic heterocycles. The van der Waals surface area contributed by atoms with E-state index in [4.69, 9.17) is 16.0 Å². The molecule has 0 bridgehead atoms. The van der Waals surface area contributed by atoms with Crippen LogP contribution in [-0.4, -0.2) is 16.8 Å². The number of anilines is 2. The van der Waals surface area contributed by atoms with Gasteiger partial charge in [0.25, 0.3) is 11.8 Å². The second-order valence-electron chi connectivity index (χ2n) is 6.22. The van der Waals surface area contributed by atoms with Crippen LogP contribution in [0.2, 0.25) is 5.02 Å². The third-order valence-corrected chi connectivity index (χ3v) is 5.41. The molecule has 2 N–H and O–H groups in total. The van der Waals surface area contributed by atoms with E-state index in [2.05, 4.69) is 15.6 Å². The van der Waals surface area contributed by atoms with Crippen molar-refractivity contribution in [1.82, 2.24) is 4.98 Å². The van der Waals surface area contributed by atoms with Crippen molar-refractivity contribution >= 4 is 57.2 Å². The lowest BCUT2D eigenvalue weighted by atomic mass is 10.1. The standard InChI is InChI=1S/C21H16ClN3O3S/c1-2-19-24-16-11-13(6-8-17(16)28-19)23-20(26)12-5-7-14(22)15(10-12)25-21(27)18-4-3-9-29-18/h3-11H,2H2,1H3,(H,23,26)(H,25,27). The Kier molecular flexibility index (Phi) is 5.33. The summed E-state index contributed by atoms with van der Waals surface area (Å²) in [6.45, 7) is 1.96. The van der Waals surface area contributed by atoms with E-state index < -0.39 is 0 Å². The summed E-state index contributed by atoms with van der Waals surface area (Å²) in [6, 6.07) is 13.5. The Balaban J connectivity index is 1.53. The topological polar surface area (TPSA) is 84.2 Å². The molecular formula is C21H16ClN3O3S. The van der Waals surface area contributed by atoms with Crippen molar-refractivity contribution in [1.29, 1.82) is 0 Å². The van der Waals surface area contributed by atoms with Gasteiger partial charge >= 0.3 is 0 Å². The predicted octanol–water partition coefficient (Wildman–Crippen LogP) is 5.61. The highest BCUT2D eigenvalue weighted by atomic mass is 35.5. The van der Waals surface area contributed by atoms with Gasteiger partial charge < -0.3 is 15.1 Å². The highest BCUT2D eigenvalue weighted by Crippen LogP contribution is 2.26. The second kappa shape index (κ2) is 8.06. The number of thiophene rings is 1. The third kappa shape index (κ3) is 4.16. The molecule has 0 aliphatic rings. The van der Waals surface area contributed by atoms with Crippen LogP contribution in [0, 0.1) is 0 Å². The Labute approximate surface area is 175 Å². The smallest absolute Gasteiger partial charge is 0.265 e. The van der Waals surface area contributed by atoms with E-state index in [1.807, 2.05) is 12.3 Å². The van der Waals surface area contributed by atoms with E-state index in [0.717, 1.165) is 0 Å². The van der Waals surface area contributed by atoms with Crippen LogP contribution in [0.5, 0.6) is 0 Å². The molecule has 0 radical (unpaired) electrons. The van der Waals surface area contributed by atoms with Crippen LogP contribution in [0.4, 0.5) is 11.4 Å². The minimum atomic E-state index is -0.327. The maximum absolute atomic E-state index is 12.7. The molecule has 0 fully saturated rings. The molecule has 0 aliphatic carbocycles. The van der Waals surface area contributed by atoms with Gasteiger partial charge in [0.15, 0.2) is 11.5 Å². The Hall–Kier alpha value is -3.16. The van der Waals surface area contributed by atoms with Crippen LogP contribution in [0.15, 0.2) is 58.3 Å². The van der Waals surface area contributed by atoms with E-state index in [0.29, 0.717) is 50.2 Å². The zero-order valence-corrected chi connectivity index (χ0v) is 16.9. The maximum atomic E-state index is 12.7. The summed E-state index contributed by atoms with van der Waals surface area (Å²) >= 11 is 7.51. The molecule has 6 nitrogen and oxygen atoms in total. The largest absolute Gasteiger partial charge is 0.441 e. The Bertz CT molecular complexity index is 1200. The Morgan fingerprint density at radius 1 is 1.10 bits per heavy atom. The van der Waals surface area contributed by atoms with Gasteiger partial charge in [-0.3, -0.25) is 9.59 Å². The predicted molar refractivity (Wildman–Crippen MR) is 115 cm³/mol. The third-order valence-electron chi connectivity index (χ3n) is 4.21. The molecule has 0 atom stereocenters. The fourth-order valence-corrected chi connectivity index (χ4v) is 3.55. The Morgan fingerprint density at radius 3 is 2.72 bits per heavy atom. The van der Waals surface area contributed by atoms with Gasteiger partial charge in [0.05, 0.1) is 15.6 Å². The van der Waals surface area contributed by atoms with Gasteiger partial charge in [0, 0.05) is 17.7 Å². The van der Waals surface area contributed by atoms with Gasteiger partial charge in [-0.2, -0.15) is 0 Å². The molecule has 0 saturated heterocycles. The van der Waals surface area contributed by atoms with Crippen LogP contribution in [0.3, 0.4) is 0 Å². The van der Waals surface area contributed by atoms with Crippen LogP contribution < -0.4 is 10.6 Å². The lowest BCUT2D eigenvalue weighted by Gasteiger charge is -2.10. The Morgan fingerprint density at radius 2 is 1.97 bits per heavy atom. The molecule has 146 valence electrons. The lowest BCUT2D eigenvalue weighted by Crippen LogP contribution is -2.14. The van der Waals surface area contributed by atoms with E-state index in [-0.39, 0.29) is 11.8 Å². The minimum Gasteiger partial charge on any atom is -0.441 e. The van der Waals surface area contributed by atoms with E-state index in [1.54, 1.807) is 48.5 Å². The number of nitrogens with zero attached hydrogens (tertiary/aromatic N) is 1. The summed E-state index contributed by atoms with van der Waals surface area (Å²) in [6.07, 6.45) is 0.696. The number of hydrogen-bond donors (Lipinski definition) is 2. The van der Waals surface area contributed by atoms with Gasteiger partial charge in [-0.15, -0.1) is 11.3 Å². The maximum Gasteiger partial charge on any atom is 0.265 e. The fourth-order valence-electron chi connectivity index (χ4n) is 2.76. The quantitative estimate of drug-likeness (QED) is 0.435. The summed E-state index contributed by atoms with van der Waals surface area (Å²) in [5.74, 6) is 0.0434. The molecule has 0 unspecified atom stereocenters. The highest BCUT2D eigenvalue weighted by molar-refractivity contribution is 7.12. The molecule has 4 aromatic rings. The number of carbonyl (C=O) groups excluding carboxylic acids is 2. The zero-order valence-electron chi connectivity index (χ0n) is 15.4. The summed E-state index contributed by atoms with van der Waals surface area (Å²) in [5, 5.41) is 7.74. The van der Waals surface area contributed by atoms with Crippen molar-refractivity contribution in [2.24, 2.45) is 0 Å². The van der Waals surface area contributed by atoms with Crippen molar-refractivity contribution in [2.45, 2.75) is 13.3 Å². The SMILES string of the molecule is CCc1nc2cc(NC(=O)c3ccc(Cl)c(NC(=O)c4cccs4)c3)ccc2o1. The number of carbonyl (C=O) groups is 2. The number of fused-ring (bicyclic) bond motifs is 1. The first kappa shape index (κ1) is 19.2. The molecule has 0 saturated carbocycles. The fraction of sp³-hybridized carbons (Fsp3) is 0.0952. The summed E-state index contributed by atoms with van der Waals surface area (Å²) in [5.41, 5.74) is 2.68. The molecule has 2 heterocycles. The van der Waals surface area contributed by atoms with Gasteiger partial charge in [0.1, 0.15) is 5.52 Å². The van der Waals surface area contributed by atoms with Crippen molar-refractivity contribution in [2.75, 3.05) is 10.6 Å². The van der Waals surface area contributed by atoms with E-state index in [9.17, 15) is 9.59 Å². The molecule has 29 heavy (non-hydrogen) atoms. The molecule has 4 rings (SSSR count). The number of oxazole rings is 1. The molecule has 2 amide bonds. The number of aryl methyl sites for hydroxylation is 1. The van der Waals surface area contributed by atoms with Gasteiger partial charge in [-0.05, 0) is 47.8 Å². The van der Waals surface area contributed by atoms with Crippen LogP contribution >= 0.6 is 22.9 Å². The lowest BCUT2D eigenvalue weighted by molar-refractivity contribution is 0.101.